The van der Waals surface area contributed by atoms with E-state index < -0.39 is 0 Å². The molecule has 1 unspecified atom stereocenters. The van der Waals surface area contributed by atoms with Gasteiger partial charge in [0.05, 0.1) is 12.0 Å². The Labute approximate surface area is 124 Å². The monoisotopic (exact) mass is 294 g/mol. The van der Waals surface area contributed by atoms with Crippen LogP contribution in [0.1, 0.15) is 29.0 Å². The van der Waals surface area contributed by atoms with E-state index in [0.717, 1.165) is 22.4 Å². The summed E-state index contributed by atoms with van der Waals surface area (Å²) < 4.78 is 5.65. The van der Waals surface area contributed by atoms with Crippen LogP contribution in [0.25, 0.3) is 0 Å². The molecule has 0 N–H and O–H groups in total. The second kappa shape index (κ2) is 6.31. The van der Waals surface area contributed by atoms with Gasteiger partial charge >= 0.3 is 0 Å². The van der Waals surface area contributed by atoms with Gasteiger partial charge in [-0.25, -0.2) is 0 Å². The van der Waals surface area contributed by atoms with Gasteiger partial charge in [0.1, 0.15) is 5.75 Å². The maximum absolute atomic E-state index is 6.57. The second-order valence-corrected chi connectivity index (χ2v) is 5.26. The first-order chi connectivity index (χ1) is 9.11. The van der Waals surface area contributed by atoms with Crippen LogP contribution in [0.15, 0.2) is 42.5 Å². The lowest BCUT2D eigenvalue weighted by molar-refractivity contribution is 0.337. The van der Waals surface area contributed by atoms with Gasteiger partial charge in [-0.05, 0) is 37.6 Å². The molecule has 0 bridgehead atoms. The third kappa shape index (κ3) is 3.43. The van der Waals surface area contributed by atoms with Crippen molar-refractivity contribution in [3.63, 3.8) is 0 Å². The maximum atomic E-state index is 6.57. The van der Waals surface area contributed by atoms with Gasteiger partial charge in [-0.2, -0.15) is 0 Å². The van der Waals surface area contributed by atoms with E-state index in [0.29, 0.717) is 11.6 Å². The van der Waals surface area contributed by atoms with Crippen LogP contribution in [0.5, 0.6) is 5.75 Å². The minimum absolute atomic E-state index is 0.237. The fourth-order valence-corrected chi connectivity index (χ4v) is 2.41. The Bertz CT molecular complexity index is 549. The summed E-state index contributed by atoms with van der Waals surface area (Å²) in [6.45, 7) is 4.64. The standard InChI is InChI=1S/C16H16Cl2O/c1-3-19-15-9-4-11(2)10-14(15)16(18)12-5-7-13(17)8-6-12/h4-10,16H,3H2,1-2H3. The summed E-state index contributed by atoms with van der Waals surface area (Å²) in [5.74, 6) is 0.836. The third-order valence-electron chi connectivity index (χ3n) is 2.90. The Morgan fingerprint density at radius 2 is 1.79 bits per heavy atom. The van der Waals surface area contributed by atoms with E-state index in [1.54, 1.807) is 0 Å². The SMILES string of the molecule is CCOc1ccc(C)cc1C(Cl)c1ccc(Cl)cc1. The first-order valence-electron chi connectivity index (χ1n) is 6.24. The summed E-state index contributed by atoms with van der Waals surface area (Å²) in [6, 6.07) is 13.7. The molecule has 0 saturated heterocycles. The van der Waals surface area contributed by atoms with E-state index in [1.165, 1.54) is 0 Å². The molecule has 0 aromatic heterocycles. The number of halogens is 2. The summed E-state index contributed by atoms with van der Waals surface area (Å²) in [5, 5.41) is 0.473. The summed E-state index contributed by atoms with van der Waals surface area (Å²) in [6.07, 6.45) is 0. The van der Waals surface area contributed by atoms with Gasteiger partial charge < -0.3 is 4.74 Å². The molecule has 1 nitrogen and oxygen atoms in total. The molecule has 1 atom stereocenters. The number of ether oxygens (including phenoxy) is 1. The van der Waals surface area contributed by atoms with Crippen molar-refractivity contribution in [3.05, 3.63) is 64.2 Å². The average Bonchev–Trinajstić information content (AvgIpc) is 2.41. The van der Waals surface area contributed by atoms with Crippen molar-refractivity contribution in [1.29, 1.82) is 0 Å². The summed E-state index contributed by atoms with van der Waals surface area (Å²) in [5.41, 5.74) is 3.17. The molecule has 0 heterocycles. The van der Waals surface area contributed by atoms with Crippen molar-refractivity contribution in [2.24, 2.45) is 0 Å². The van der Waals surface area contributed by atoms with Gasteiger partial charge in [-0.15, -0.1) is 11.6 Å². The van der Waals surface area contributed by atoms with Crippen LogP contribution in [0.4, 0.5) is 0 Å². The van der Waals surface area contributed by atoms with Crippen molar-refractivity contribution in [2.75, 3.05) is 6.61 Å². The van der Waals surface area contributed by atoms with E-state index in [-0.39, 0.29) is 5.38 Å². The molecule has 100 valence electrons. The molecule has 0 aliphatic heterocycles. The zero-order chi connectivity index (χ0) is 13.8. The Kier molecular flexibility index (Phi) is 4.73. The van der Waals surface area contributed by atoms with Crippen LogP contribution in [-0.4, -0.2) is 6.61 Å². The Hall–Kier alpha value is -1.18. The van der Waals surface area contributed by atoms with Crippen LogP contribution < -0.4 is 4.74 Å². The van der Waals surface area contributed by atoms with Crippen LogP contribution in [0.2, 0.25) is 5.02 Å². The minimum atomic E-state index is -0.237. The lowest BCUT2D eigenvalue weighted by Gasteiger charge is -2.16. The zero-order valence-corrected chi connectivity index (χ0v) is 12.5. The topological polar surface area (TPSA) is 9.23 Å². The first-order valence-corrected chi connectivity index (χ1v) is 7.06. The Morgan fingerprint density at radius 3 is 2.42 bits per heavy atom. The molecule has 19 heavy (non-hydrogen) atoms. The lowest BCUT2D eigenvalue weighted by Crippen LogP contribution is -2.00. The predicted molar refractivity (Wildman–Crippen MR) is 81.5 cm³/mol. The molecule has 2 aromatic rings. The molecule has 0 fully saturated rings. The first kappa shape index (κ1) is 14.2. The highest BCUT2D eigenvalue weighted by Crippen LogP contribution is 2.36. The summed E-state index contributed by atoms with van der Waals surface area (Å²) in [7, 11) is 0. The highest BCUT2D eigenvalue weighted by atomic mass is 35.5. The van der Waals surface area contributed by atoms with Gasteiger partial charge in [-0.1, -0.05) is 41.4 Å². The number of hydrogen-bond donors (Lipinski definition) is 0. The van der Waals surface area contributed by atoms with Gasteiger partial charge in [0.15, 0.2) is 0 Å². The number of aryl methyl sites for hydroxylation is 1. The lowest BCUT2D eigenvalue weighted by atomic mass is 10.0. The molecule has 0 amide bonds. The molecule has 0 spiro atoms. The van der Waals surface area contributed by atoms with Gasteiger partial charge in [-0.3, -0.25) is 0 Å². The van der Waals surface area contributed by atoms with Crippen molar-refractivity contribution in [3.8, 4) is 5.75 Å². The van der Waals surface area contributed by atoms with E-state index in [9.17, 15) is 0 Å². The minimum Gasteiger partial charge on any atom is -0.494 e. The van der Waals surface area contributed by atoms with E-state index in [1.807, 2.05) is 50.2 Å². The fourth-order valence-electron chi connectivity index (χ4n) is 1.96. The number of rotatable bonds is 4. The van der Waals surface area contributed by atoms with Crippen LogP contribution in [0, 0.1) is 6.92 Å². The molecule has 2 rings (SSSR count). The highest BCUT2D eigenvalue weighted by molar-refractivity contribution is 6.30. The number of hydrogen-bond acceptors (Lipinski definition) is 1. The van der Waals surface area contributed by atoms with Crippen molar-refractivity contribution < 1.29 is 4.74 Å². The van der Waals surface area contributed by atoms with E-state index >= 15 is 0 Å². The number of benzene rings is 2. The molecule has 2 aromatic carbocycles. The smallest absolute Gasteiger partial charge is 0.124 e. The highest BCUT2D eigenvalue weighted by Gasteiger charge is 2.16. The van der Waals surface area contributed by atoms with Crippen LogP contribution >= 0.6 is 23.2 Å². The van der Waals surface area contributed by atoms with Crippen molar-refractivity contribution in [2.45, 2.75) is 19.2 Å². The molecular weight excluding hydrogens is 279 g/mol. The van der Waals surface area contributed by atoms with Gasteiger partial charge in [0.25, 0.3) is 0 Å². The Morgan fingerprint density at radius 1 is 1.11 bits per heavy atom. The van der Waals surface area contributed by atoms with Crippen LogP contribution in [0.3, 0.4) is 0 Å². The van der Waals surface area contributed by atoms with Gasteiger partial charge in [0, 0.05) is 10.6 Å². The molecule has 0 aliphatic carbocycles. The van der Waals surface area contributed by atoms with E-state index in [2.05, 4.69) is 6.07 Å². The largest absolute Gasteiger partial charge is 0.494 e. The molecule has 3 heteroatoms. The summed E-state index contributed by atoms with van der Waals surface area (Å²) >= 11 is 12.5. The second-order valence-electron chi connectivity index (χ2n) is 4.39. The summed E-state index contributed by atoms with van der Waals surface area (Å²) in [4.78, 5) is 0. The normalized spacial score (nSPS) is 12.2. The molecule has 0 radical (unpaired) electrons. The average molecular weight is 295 g/mol. The number of alkyl halides is 1. The molecular formula is C16H16Cl2O. The maximum Gasteiger partial charge on any atom is 0.124 e. The Balaban J connectivity index is 2.39. The molecule has 0 saturated carbocycles. The van der Waals surface area contributed by atoms with Crippen molar-refractivity contribution >= 4 is 23.2 Å². The van der Waals surface area contributed by atoms with Crippen molar-refractivity contribution in [1.82, 2.24) is 0 Å². The van der Waals surface area contributed by atoms with Gasteiger partial charge in [0.2, 0.25) is 0 Å². The van der Waals surface area contributed by atoms with Crippen LogP contribution in [-0.2, 0) is 0 Å². The zero-order valence-electron chi connectivity index (χ0n) is 11.0. The predicted octanol–water partition coefficient (Wildman–Crippen LogP) is 5.38. The fraction of sp³-hybridized carbons (Fsp3) is 0.250. The quantitative estimate of drug-likeness (QED) is 0.688. The van der Waals surface area contributed by atoms with E-state index in [4.69, 9.17) is 27.9 Å². The molecule has 0 aliphatic rings. The third-order valence-corrected chi connectivity index (χ3v) is 3.64.